The van der Waals surface area contributed by atoms with E-state index in [0.717, 1.165) is 29.9 Å². The molecule has 1 amide bonds. The Hall–Kier alpha value is -0.520. The van der Waals surface area contributed by atoms with E-state index >= 15 is 0 Å². The molecule has 0 aromatic carbocycles. The molecule has 5 heteroatoms. The van der Waals surface area contributed by atoms with Crippen LogP contribution in [0.4, 0.5) is 0 Å². The molecule has 0 bridgehead atoms. The van der Waals surface area contributed by atoms with Crippen molar-refractivity contribution in [3.05, 3.63) is 21.4 Å². The zero-order chi connectivity index (χ0) is 12.5. The van der Waals surface area contributed by atoms with Gasteiger partial charge in [-0.25, -0.2) is 0 Å². The molecule has 3 rings (SSSR count). The number of aliphatic hydroxyl groups is 1. The Labute approximate surface area is 115 Å². The summed E-state index contributed by atoms with van der Waals surface area (Å²) in [5.74, 6) is 2.75. The number of rotatable bonds is 3. The number of carbonyl (C=O) groups is 1. The van der Waals surface area contributed by atoms with Gasteiger partial charge in [0, 0.05) is 17.2 Å². The molecule has 1 aromatic rings. The average Bonchev–Trinajstić information content (AvgIpc) is 2.76. The van der Waals surface area contributed by atoms with Crippen LogP contribution in [0.25, 0.3) is 0 Å². The van der Waals surface area contributed by atoms with Gasteiger partial charge in [0.1, 0.15) is 0 Å². The number of nitrogens with one attached hydrogen (secondary N) is 1. The van der Waals surface area contributed by atoms with Crippen LogP contribution in [0.3, 0.4) is 0 Å². The molecule has 1 fully saturated rings. The fourth-order valence-electron chi connectivity index (χ4n) is 2.45. The lowest BCUT2D eigenvalue weighted by molar-refractivity contribution is 0.0420. The van der Waals surface area contributed by atoms with Crippen molar-refractivity contribution in [2.45, 2.75) is 31.1 Å². The summed E-state index contributed by atoms with van der Waals surface area (Å²) in [4.78, 5) is 14.3. The molecule has 0 atom stereocenters. The van der Waals surface area contributed by atoms with Crippen molar-refractivity contribution in [2.75, 3.05) is 12.3 Å². The van der Waals surface area contributed by atoms with E-state index in [1.54, 1.807) is 11.3 Å². The third-order valence-corrected chi connectivity index (χ3v) is 5.86. The first-order valence-corrected chi connectivity index (χ1v) is 8.35. The van der Waals surface area contributed by atoms with Crippen molar-refractivity contribution in [2.24, 2.45) is 5.92 Å². The monoisotopic (exact) mass is 283 g/mol. The van der Waals surface area contributed by atoms with Crippen LogP contribution in [-0.4, -0.2) is 29.4 Å². The van der Waals surface area contributed by atoms with E-state index in [1.807, 2.05) is 11.8 Å². The maximum absolute atomic E-state index is 12.0. The second-order valence-electron chi connectivity index (χ2n) is 5.06. The van der Waals surface area contributed by atoms with Crippen LogP contribution < -0.4 is 5.32 Å². The number of carbonyl (C=O) groups excluding carboxylic acids is 1. The van der Waals surface area contributed by atoms with Crippen LogP contribution in [0.1, 0.15) is 33.0 Å². The first kappa shape index (κ1) is 12.5. The van der Waals surface area contributed by atoms with E-state index in [9.17, 15) is 9.90 Å². The zero-order valence-electron chi connectivity index (χ0n) is 10.1. The summed E-state index contributed by atoms with van der Waals surface area (Å²) < 4.78 is 0. The highest BCUT2D eigenvalue weighted by atomic mass is 32.2. The minimum Gasteiger partial charge on any atom is -0.393 e. The van der Waals surface area contributed by atoms with Crippen molar-refractivity contribution in [1.29, 1.82) is 0 Å². The minimum absolute atomic E-state index is 0.0563. The quantitative estimate of drug-likeness (QED) is 0.892. The molecule has 98 valence electrons. The van der Waals surface area contributed by atoms with Gasteiger partial charge < -0.3 is 10.4 Å². The van der Waals surface area contributed by atoms with Gasteiger partial charge in [-0.2, -0.15) is 11.8 Å². The van der Waals surface area contributed by atoms with Gasteiger partial charge in [0.2, 0.25) is 0 Å². The molecular weight excluding hydrogens is 266 g/mol. The average molecular weight is 283 g/mol. The number of hydrogen-bond donors (Lipinski definition) is 2. The maximum Gasteiger partial charge on any atom is 0.261 e. The molecule has 0 spiro atoms. The van der Waals surface area contributed by atoms with E-state index in [4.69, 9.17) is 0 Å². The van der Waals surface area contributed by atoms with Gasteiger partial charge in [-0.05, 0) is 42.6 Å². The van der Waals surface area contributed by atoms with Gasteiger partial charge in [-0.1, -0.05) is 0 Å². The largest absolute Gasteiger partial charge is 0.393 e. The lowest BCUT2D eigenvalue weighted by Gasteiger charge is -2.31. The lowest BCUT2D eigenvalue weighted by Crippen LogP contribution is -2.38. The third-order valence-electron chi connectivity index (χ3n) is 3.61. The third kappa shape index (κ3) is 2.58. The Bertz CT molecular complexity index is 428. The zero-order valence-corrected chi connectivity index (χ0v) is 11.8. The topological polar surface area (TPSA) is 49.3 Å². The number of aliphatic hydroxyl groups excluding tert-OH is 1. The molecule has 2 N–H and O–H groups in total. The summed E-state index contributed by atoms with van der Waals surface area (Å²) in [6.07, 6.45) is 2.63. The maximum atomic E-state index is 12.0. The molecule has 2 heterocycles. The Morgan fingerprint density at radius 1 is 1.50 bits per heavy atom. The number of thioether (sulfide) groups is 1. The van der Waals surface area contributed by atoms with E-state index in [-0.39, 0.29) is 12.0 Å². The second-order valence-corrected chi connectivity index (χ2v) is 7.30. The number of fused-ring (bicyclic) bond motifs is 1. The summed E-state index contributed by atoms with van der Waals surface area (Å²) in [6, 6.07) is 2.05. The van der Waals surface area contributed by atoms with Crippen LogP contribution in [0.15, 0.2) is 6.07 Å². The first-order chi connectivity index (χ1) is 8.72. The fraction of sp³-hybridized carbons (Fsp3) is 0.615. The van der Waals surface area contributed by atoms with Crippen LogP contribution in [0, 0.1) is 5.92 Å². The van der Waals surface area contributed by atoms with E-state index in [1.165, 1.54) is 16.2 Å². The molecule has 18 heavy (non-hydrogen) atoms. The Balaban J connectivity index is 1.56. The first-order valence-electron chi connectivity index (χ1n) is 6.38. The number of aryl methyl sites for hydroxylation is 1. The SMILES string of the molecule is O=C(NCC1CC(O)C1)c1cc2c(s1)CCSC2. The highest BCUT2D eigenvalue weighted by molar-refractivity contribution is 7.98. The Kier molecular flexibility index (Phi) is 3.63. The van der Waals surface area contributed by atoms with Gasteiger partial charge in [0.05, 0.1) is 11.0 Å². The summed E-state index contributed by atoms with van der Waals surface area (Å²) >= 11 is 3.59. The normalized spacial score (nSPS) is 26.3. The molecule has 1 aliphatic heterocycles. The van der Waals surface area contributed by atoms with Crippen molar-refractivity contribution in [3.8, 4) is 0 Å². The highest BCUT2D eigenvalue weighted by Crippen LogP contribution is 2.32. The van der Waals surface area contributed by atoms with Crippen molar-refractivity contribution in [3.63, 3.8) is 0 Å². The van der Waals surface area contributed by atoms with Gasteiger partial charge in [-0.3, -0.25) is 4.79 Å². The van der Waals surface area contributed by atoms with Gasteiger partial charge in [0.15, 0.2) is 0 Å². The molecule has 1 saturated carbocycles. The van der Waals surface area contributed by atoms with Crippen LogP contribution >= 0.6 is 23.1 Å². The summed E-state index contributed by atoms with van der Waals surface area (Å²) in [6.45, 7) is 0.702. The number of hydrogen-bond acceptors (Lipinski definition) is 4. The predicted molar refractivity (Wildman–Crippen MR) is 75.2 cm³/mol. The van der Waals surface area contributed by atoms with E-state index in [0.29, 0.717) is 12.5 Å². The molecule has 3 nitrogen and oxygen atoms in total. The summed E-state index contributed by atoms with van der Waals surface area (Å²) in [7, 11) is 0. The van der Waals surface area contributed by atoms with Crippen molar-refractivity contribution in [1.82, 2.24) is 5.32 Å². The predicted octanol–water partition coefficient (Wildman–Crippen LogP) is 2.04. The summed E-state index contributed by atoms with van der Waals surface area (Å²) in [5, 5.41) is 12.2. The minimum atomic E-state index is -0.141. The van der Waals surface area contributed by atoms with Crippen LogP contribution in [0.2, 0.25) is 0 Å². The molecule has 0 unspecified atom stereocenters. The molecule has 0 saturated heterocycles. The van der Waals surface area contributed by atoms with Gasteiger partial charge in [-0.15, -0.1) is 11.3 Å². The Morgan fingerprint density at radius 3 is 3.06 bits per heavy atom. The fourth-order valence-corrected chi connectivity index (χ4v) is 4.74. The molecule has 1 aromatic heterocycles. The van der Waals surface area contributed by atoms with Crippen LogP contribution in [-0.2, 0) is 12.2 Å². The molecule has 2 aliphatic rings. The van der Waals surface area contributed by atoms with Gasteiger partial charge in [0.25, 0.3) is 5.91 Å². The number of thiophene rings is 1. The summed E-state index contributed by atoms with van der Waals surface area (Å²) in [5.41, 5.74) is 1.35. The van der Waals surface area contributed by atoms with Gasteiger partial charge >= 0.3 is 0 Å². The van der Waals surface area contributed by atoms with E-state index < -0.39 is 0 Å². The lowest BCUT2D eigenvalue weighted by atomic mass is 9.82. The number of amides is 1. The van der Waals surface area contributed by atoms with E-state index in [2.05, 4.69) is 11.4 Å². The van der Waals surface area contributed by atoms with Crippen molar-refractivity contribution >= 4 is 29.0 Å². The Morgan fingerprint density at radius 2 is 2.33 bits per heavy atom. The molecular formula is C13H17NO2S2. The standard InChI is InChI=1S/C13H17NO2S2/c15-10-3-8(4-10)6-14-13(16)12-5-9-7-17-2-1-11(9)18-12/h5,8,10,15H,1-4,6-7H2,(H,14,16). The second kappa shape index (κ2) is 5.23. The van der Waals surface area contributed by atoms with Crippen molar-refractivity contribution < 1.29 is 9.90 Å². The smallest absolute Gasteiger partial charge is 0.261 e. The molecule has 1 aliphatic carbocycles. The highest BCUT2D eigenvalue weighted by Gasteiger charge is 2.27. The van der Waals surface area contributed by atoms with Crippen LogP contribution in [0.5, 0.6) is 0 Å². The molecule has 0 radical (unpaired) electrons.